The molecule has 0 unspecified atom stereocenters. The Morgan fingerprint density at radius 3 is 2.76 bits per heavy atom. The first-order valence-corrected chi connectivity index (χ1v) is 8.57. The van der Waals surface area contributed by atoms with E-state index in [1.54, 1.807) is 29.1 Å². The highest BCUT2D eigenvalue weighted by atomic mass is 32.2. The zero-order valence-electron chi connectivity index (χ0n) is 13.6. The maximum atomic E-state index is 12.8. The predicted octanol–water partition coefficient (Wildman–Crippen LogP) is 3.38. The van der Waals surface area contributed by atoms with Crippen LogP contribution >= 0.6 is 11.8 Å². The van der Waals surface area contributed by atoms with Gasteiger partial charge >= 0.3 is 6.01 Å². The van der Waals surface area contributed by atoms with E-state index >= 15 is 0 Å². The molecule has 0 spiro atoms. The summed E-state index contributed by atoms with van der Waals surface area (Å²) in [4.78, 5) is 12.8. The summed E-state index contributed by atoms with van der Waals surface area (Å²) < 4.78 is 20.1. The Morgan fingerprint density at radius 2 is 2.04 bits per heavy atom. The highest BCUT2D eigenvalue weighted by Gasteiger charge is 2.16. The van der Waals surface area contributed by atoms with Gasteiger partial charge in [0, 0.05) is 17.1 Å². The van der Waals surface area contributed by atoms with Crippen LogP contribution in [-0.2, 0) is 4.79 Å². The molecule has 3 rings (SSSR count). The quantitative estimate of drug-likeness (QED) is 0.678. The molecular formula is C16H16FN5O2S. The third kappa shape index (κ3) is 4.24. The Hall–Kier alpha value is -2.68. The van der Waals surface area contributed by atoms with Crippen LogP contribution in [0.15, 0.2) is 45.8 Å². The molecular weight excluding hydrogens is 345 g/mol. The second-order valence-electron chi connectivity index (χ2n) is 5.46. The van der Waals surface area contributed by atoms with Gasteiger partial charge in [-0.2, -0.15) is 5.10 Å². The fourth-order valence-corrected chi connectivity index (χ4v) is 2.81. The Labute approximate surface area is 147 Å². The molecule has 0 saturated carbocycles. The monoisotopic (exact) mass is 361 g/mol. The van der Waals surface area contributed by atoms with Crippen molar-refractivity contribution in [2.24, 2.45) is 0 Å². The Kier molecular flexibility index (Phi) is 5.13. The van der Waals surface area contributed by atoms with Crippen molar-refractivity contribution >= 4 is 23.7 Å². The minimum atomic E-state index is -0.312. The van der Waals surface area contributed by atoms with E-state index in [1.165, 1.54) is 23.9 Å². The molecule has 3 aromatic rings. The highest BCUT2D eigenvalue weighted by molar-refractivity contribution is 8.00. The van der Waals surface area contributed by atoms with Gasteiger partial charge in [0.15, 0.2) is 0 Å². The average molecular weight is 361 g/mol. The summed E-state index contributed by atoms with van der Waals surface area (Å²) in [5.74, 6) is -0.171. The number of nitrogens with zero attached hydrogens (tertiary/aromatic N) is 4. The van der Waals surface area contributed by atoms with Crippen molar-refractivity contribution in [2.75, 3.05) is 11.1 Å². The van der Waals surface area contributed by atoms with Gasteiger partial charge in [0.2, 0.25) is 5.91 Å². The summed E-state index contributed by atoms with van der Waals surface area (Å²) in [7, 11) is 0. The number of hydrogen-bond acceptors (Lipinski definition) is 6. The Balaban J connectivity index is 1.60. The predicted molar refractivity (Wildman–Crippen MR) is 91.7 cm³/mol. The van der Waals surface area contributed by atoms with Crippen LogP contribution in [0.1, 0.15) is 19.9 Å². The van der Waals surface area contributed by atoms with Gasteiger partial charge in [-0.05, 0) is 44.2 Å². The highest BCUT2D eigenvalue weighted by Crippen LogP contribution is 2.23. The Bertz CT molecular complexity index is 860. The molecule has 0 aliphatic heterocycles. The summed E-state index contributed by atoms with van der Waals surface area (Å²) in [6.45, 7) is 3.98. The molecule has 0 bridgehead atoms. The number of nitrogens with one attached hydrogen (secondary N) is 1. The molecule has 1 amide bonds. The number of carbonyl (C=O) groups excluding carboxylic acids is 1. The first kappa shape index (κ1) is 17.2. The van der Waals surface area contributed by atoms with Crippen molar-refractivity contribution in [2.45, 2.75) is 24.8 Å². The lowest BCUT2D eigenvalue weighted by Gasteiger charge is -2.07. The van der Waals surface area contributed by atoms with Crippen LogP contribution in [0.5, 0.6) is 0 Å². The van der Waals surface area contributed by atoms with E-state index in [1.807, 2.05) is 13.8 Å². The molecule has 0 saturated heterocycles. The van der Waals surface area contributed by atoms with Crippen LogP contribution in [0.3, 0.4) is 0 Å². The van der Waals surface area contributed by atoms with Crippen molar-refractivity contribution in [3.8, 4) is 11.6 Å². The average Bonchev–Trinajstić information content (AvgIpc) is 3.23. The van der Waals surface area contributed by atoms with E-state index in [4.69, 9.17) is 4.42 Å². The van der Waals surface area contributed by atoms with Crippen molar-refractivity contribution in [3.63, 3.8) is 0 Å². The van der Waals surface area contributed by atoms with Crippen LogP contribution in [0.4, 0.5) is 10.4 Å². The molecule has 0 radical (unpaired) electrons. The van der Waals surface area contributed by atoms with E-state index < -0.39 is 0 Å². The van der Waals surface area contributed by atoms with Crippen molar-refractivity contribution in [1.29, 1.82) is 0 Å². The van der Waals surface area contributed by atoms with Gasteiger partial charge in [0.05, 0.1) is 5.75 Å². The van der Waals surface area contributed by atoms with E-state index in [0.717, 1.165) is 4.90 Å². The van der Waals surface area contributed by atoms with Crippen LogP contribution < -0.4 is 5.32 Å². The van der Waals surface area contributed by atoms with Gasteiger partial charge in [0.1, 0.15) is 11.5 Å². The molecule has 7 nitrogen and oxygen atoms in total. The fourth-order valence-electron chi connectivity index (χ4n) is 2.11. The van der Waals surface area contributed by atoms with Gasteiger partial charge < -0.3 is 4.42 Å². The molecule has 9 heteroatoms. The summed E-state index contributed by atoms with van der Waals surface area (Å²) in [5.41, 5.74) is 0.684. The largest absolute Gasteiger partial charge is 0.401 e. The van der Waals surface area contributed by atoms with Crippen LogP contribution in [0.25, 0.3) is 11.6 Å². The first-order chi connectivity index (χ1) is 12.0. The summed E-state index contributed by atoms with van der Waals surface area (Å²) in [6, 6.07) is 7.86. The number of anilines is 1. The first-order valence-electron chi connectivity index (χ1n) is 7.58. The summed E-state index contributed by atoms with van der Waals surface area (Å²) in [6.07, 6.45) is 1.65. The standard InChI is InChI=1S/C16H16FN5O2S/c1-10(2)22-13(7-8-18-22)15-20-21-16(24-15)19-14(23)9-25-12-5-3-11(17)4-6-12/h3-8,10H,9H2,1-2H3,(H,19,21,23). The van der Waals surface area contributed by atoms with Gasteiger partial charge in [-0.15, -0.1) is 16.9 Å². The topological polar surface area (TPSA) is 85.8 Å². The van der Waals surface area contributed by atoms with E-state index in [0.29, 0.717) is 5.69 Å². The lowest BCUT2D eigenvalue weighted by molar-refractivity contribution is -0.113. The van der Waals surface area contributed by atoms with Gasteiger partial charge in [-0.25, -0.2) is 4.39 Å². The fraction of sp³-hybridized carbons (Fsp3) is 0.250. The number of halogens is 1. The maximum Gasteiger partial charge on any atom is 0.322 e. The minimum absolute atomic E-state index is 0.0243. The molecule has 1 aromatic carbocycles. The van der Waals surface area contributed by atoms with Crippen LogP contribution in [-0.4, -0.2) is 31.6 Å². The van der Waals surface area contributed by atoms with Crippen LogP contribution in [0, 0.1) is 5.82 Å². The molecule has 0 aliphatic rings. The summed E-state index contributed by atoms with van der Waals surface area (Å²) >= 11 is 1.28. The number of aromatic nitrogens is 4. The maximum absolute atomic E-state index is 12.8. The SMILES string of the molecule is CC(C)n1nccc1-c1nnc(NC(=O)CSc2ccc(F)cc2)o1. The second kappa shape index (κ2) is 7.47. The van der Waals surface area contributed by atoms with Crippen molar-refractivity contribution in [1.82, 2.24) is 20.0 Å². The number of amides is 1. The molecule has 0 fully saturated rings. The Morgan fingerprint density at radius 1 is 1.28 bits per heavy atom. The van der Waals surface area contributed by atoms with E-state index in [-0.39, 0.29) is 35.4 Å². The number of benzene rings is 1. The number of hydrogen-bond donors (Lipinski definition) is 1. The lowest BCUT2D eigenvalue weighted by Crippen LogP contribution is -2.14. The number of carbonyl (C=O) groups is 1. The van der Waals surface area contributed by atoms with Gasteiger partial charge in [-0.3, -0.25) is 14.8 Å². The smallest absolute Gasteiger partial charge is 0.322 e. The molecule has 25 heavy (non-hydrogen) atoms. The third-order valence-corrected chi connectivity index (χ3v) is 4.25. The zero-order valence-corrected chi connectivity index (χ0v) is 14.5. The van der Waals surface area contributed by atoms with E-state index in [9.17, 15) is 9.18 Å². The third-order valence-electron chi connectivity index (χ3n) is 3.23. The second-order valence-corrected chi connectivity index (χ2v) is 6.51. The summed E-state index contributed by atoms with van der Waals surface area (Å²) in [5, 5.41) is 14.5. The van der Waals surface area contributed by atoms with Gasteiger partial charge in [0.25, 0.3) is 5.89 Å². The molecule has 0 aliphatic carbocycles. The number of rotatable bonds is 6. The van der Waals surface area contributed by atoms with Crippen LogP contribution in [0.2, 0.25) is 0 Å². The molecule has 2 aromatic heterocycles. The zero-order chi connectivity index (χ0) is 17.8. The normalized spacial score (nSPS) is 11.0. The minimum Gasteiger partial charge on any atom is -0.401 e. The molecule has 1 N–H and O–H groups in total. The number of thioether (sulfide) groups is 1. The molecule has 2 heterocycles. The molecule has 0 atom stereocenters. The van der Waals surface area contributed by atoms with E-state index in [2.05, 4.69) is 20.6 Å². The van der Waals surface area contributed by atoms with Crippen molar-refractivity contribution < 1.29 is 13.6 Å². The van der Waals surface area contributed by atoms with Crippen molar-refractivity contribution in [3.05, 3.63) is 42.3 Å². The molecule has 130 valence electrons. The van der Waals surface area contributed by atoms with Gasteiger partial charge in [-0.1, -0.05) is 5.10 Å². The lowest BCUT2D eigenvalue weighted by atomic mass is 10.3.